The summed E-state index contributed by atoms with van der Waals surface area (Å²) in [4.78, 5) is 24.3. The molecule has 1 aromatic rings. The molecule has 1 rings (SSSR count). The molecular weight excluding hydrogens is 234 g/mol. The van der Waals surface area contributed by atoms with E-state index in [1.54, 1.807) is 0 Å². The van der Waals surface area contributed by atoms with Crippen molar-refractivity contribution in [2.24, 2.45) is 0 Å². The van der Waals surface area contributed by atoms with Crippen molar-refractivity contribution in [3.63, 3.8) is 0 Å². The Kier molecular flexibility index (Phi) is 3.22. The number of nitrogen functional groups attached to an aromatic ring is 1. The third kappa shape index (κ3) is 2.96. The van der Waals surface area contributed by atoms with Crippen LogP contribution in [0, 0.1) is 0 Å². The zero-order valence-corrected chi connectivity index (χ0v) is 9.74. The molecule has 7 nitrogen and oxygen atoms in total. The van der Waals surface area contributed by atoms with Crippen LogP contribution in [-0.2, 0) is 9.84 Å². The molecule has 0 spiro atoms. The molecule has 8 heteroatoms. The Morgan fingerprint density at radius 3 is 2.50 bits per heavy atom. The molecule has 0 amide bonds. The topological polar surface area (TPSA) is 115 Å². The van der Waals surface area contributed by atoms with E-state index in [2.05, 4.69) is 0 Å². The number of rotatable bonds is 3. The molecule has 0 saturated carbocycles. The Morgan fingerprint density at radius 1 is 1.50 bits per heavy atom. The quantitative estimate of drug-likeness (QED) is 0.690. The molecule has 0 aromatic carbocycles. The first-order chi connectivity index (χ1) is 7.20. The maximum Gasteiger partial charge on any atom is 0.330 e. The standard InChI is InChI=1S/C8H13N3O4S/c1-5(4-16(2,14)15)11-6(9)3-7(12)10-8(11)13/h3,5H,4,9H2,1-2H3,(H,10,12,13). The number of nitrogens with zero attached hydrogens (tertiary/aromatic N) is 1. The minimum Gasteiger partial charge on any atom is -0.385 e. The molecule has 0 fully saturated rings. The number of aromatic nitrogens is 2. The van der Waals surface area contributed by atoms with Crippen LogP contribution in [0.5, 0.6) is 0 Å². The first-order valence-corrected chi connectivity index (χ1v) is 6.56. The van der Waals surface area contributed by atoms with Crippen LogP contribution in [0.25, 0.3) is 0 Å². The number of nitrogens with one attached hydrogen (secondary N) is 1. The summed E-state index contributed by atoms with van der Waals surface area (Å²) in [6.45, 7) is 1.54. The fourth-order valence-corrected chi connectivity index (χ4v) is 2.52. The SMILES string of the molecule is CC(CS(C)(=O)=O)n1c(N)cc(=O)[nH]c1=O. The maximum absolute atomic E-state index is 11.4. The summed E-state index contributed by atoms with van der Waals surface area (Å²) >= 11 is 0. The van der Waals surface area contributed by atoms with Crippen LogP contribution >= 0.6 is 0 Å². The summed E-state index contributed by atoms with van der Waals surface area (Å²) in [6.07, 6.45) is 1.07. The Labute approximate surface area is 91.8 Å². The van der Waals surface area contributed by atoms with Crippen molar-refractivity contribution in [3.8, 4) is 0 Å². The second kappa shape index (κ2) is 4.12. The summed E-state index contributed by atoms with van der Waals surface area (Å²) in [6, 6.07) is 0.416. The summed E-state index contributed by atoms with van der Waals surface area (Å²) in [5, 5.41) is 0. The van der Waals surface area contributed by atoms with Gasteiger partial charge in [0.25, 0.3) is 5.56 Å². The Hall–Kier alpha value is -1.57. The van der Waals surface area contributed by atoms with Gasteiger partial charge in [0.2, 0.25) is 0 Å². The molecular formula is C8H13N3O4S. The van der Waals surface area contributed by atoms with E-state index in [9.17, 15) is 18.0 Å². The van der Waals surface area contributed by atoms with Gasteiger partial charge in [0.05, 0.1) is 11.8 Å². The summed E-state index contributed by atoms with van der Waals surface area (Å²) in [7, 11) is -3.22. The largest absolute Gasteiger partial charge is 0.385 e. The number of aromatic amines is 1. The van der Waals surface area contributed by atoms with Crippen molar-refractivity contribution >= 4 is 15.7 Å². The lowest BCUT2D eigenvalue weighted by Crippen LogP contribution is -2.35. The number of hydrogen-bond donors (Lipinski definition) is 2. The normalized spacial score (nSPS) is 13.6. The maximum atomic E-state index is 11.4. The number of hydrogen-bond acceptors (Lipinski definition) is 5. The second-order valence-electron chi connectivity index (χ2n) is 3.68. The Balaban J connectivity index is 3.25. The van der Waals surface area contributed by atoms with Crippen molar-refractivity contribution in [1.29, 1.82) is 0 Å². The van der Waals surface area contributed by atoms with E-state index < -0.39 is 27.1 Å². The van der Waals surface area contributed by atoms with Crippen LogP contribution < -0.4 is 17.0 Å². The Bertz CT molecular complexity index is 598. The molecule has 0 saturated heterocycles. The van der Waals surface area contributed by atoms with Crippen LogP contribution in [0.4, 0.5) is 5.82 Å². The lowest BCUT2D eigenvalue weighted by atomic mass is 10.3. The second-order valence-corrected chi connectivity index (χ2v) is 5.86. The third-order valence-corrected chi connectivity index (χ3v) is 3.08. The smallest absolute Gasteiger partial charge is 0.330 e. The minimum absolute atomic E-state index is 0.0510. The van der Waals surface area contributed by atoms with Gasteiger partial charge in [0, 0.05) is 12.3 Å². The fourth-order valence-electron chi connectivity index (χ4n) is 1.49. The van der Waals surface area contributed by atoms with Gasteiger partial charge in [-0.2, -0.15) is 0 Å². The van der Waals surface area contributed by atoms with Crippen molar-refractivity contribution in [3.05, 3.63) is 26.9 Å². The lowest BCUT2D eigenvalue weighted by molar-refractivity contribution is 0.547. The van der Waals surface area contributed by atoms with Crippen molar-refractivity contribution in [1.82, 2.24) is 9.55 Å². The van der Waals surface area contributed by atoms with Crippen molar-refractivity contribution in [2.45, 2.75) is 13.0 Å². The average molecular weight is 247 g/mol. The van der Waals surface area contributed by atoms with Gasteiger partial charge in [-0.1, -0.05) is 0 Å². The Morgan fingerprint density at radius 2 is 2.06 bits per heavy atom. The predicted molar refractivity (Wildman–Crippen MR) is 60.2 cm³/mol. The molecule has 0 aliphatic heterocycles. The molecule has 0 radical (unpaired) electrons. The van der Waals surface area contributed by atoms with E-state index in [1.807, 2.05) is 4.98 Å². The average Bonchev–Trinajstić information content (AvgIpc) is 1.96. The molecule has 0 aliphatic carbocycles. The molecule has 1 unspecified atom stereocenters. The van der Waals surface area contributed by atoms with Gasteiger partial charge in [-0.25, -0.2) is 13.2 Å². The van der Waals surface area contributed by atoms with Gasteiger partial charge in [-0.3, -0.25) is 14.3 Å². The number of sulfone groups is 1. The third-order valence-electron chi connectivity index (χ3n) is 1.99. The van der Waals surface area contributed by atoms with E-state index in [1.165, 1.54) is 6.92 Å². The van der Waals surface area contributed by atoms with E-state index in [-0.39, 0.29) is 11.6 Å². The molecule has 16 heavy (non-hydrogen) atoms. The van der Waals surface area contributed by atoms with E-state index in [0.29, 0.717) is 0 Å². The van der Waals surface area contributed by atoms with Gasteiger partial charge in [-0.05, 0) is 6.92 Å². The van der Waals surface area contributed by atoms with Crippen LogP contribution in [0.1, 0.15) is 13.0 Å². The molecule has 1 atom stereocenters. The van der Waals surface area contributed by atoms with E-state index in [0.717, 1.165) is 16.9 Å². The van der Waals surface area contributed by atoms with Crippen LogP contribution in [-0.4, -0.2) is 30.0 Å². The summed E-state index contributed by atoms with van der Waals surface area (Å²) in [5.74, 6) is -0.270. The number of H-pyrrole nitrogens is 1. The molecule has 1 heterocycles. The van der Waals surface area contributed by atoms with Crippen molar-refractivity contribution < 1.29 is 8.42 Å². The lowest BCUT2D eigenvalue weighted by Gasteiger charge is -2.15. The molecule has 1 aromatic heterocycles. The minimum atomic E-state index is -3.22. The highest BCUT2D eigenvalue weighted by Gasteiger charge is 2.15. The van der Waals surface area contributed by atoms with Gasteiger partial charge < -0.3 is 5.73 Å². The summed E-state index contributed by atoms with van der Waals surface area (Å²) in [5.41, 5.74) is 4.18. The van der Waals surface area contributed by atoms with Crippen LogP contribution in [0.2, 0.25) is 0 Å². The van der Waals surface area contributed by atoms with Crippen LogP contribution in [0.15, 0.2) is 15.7 Å². The number of nitrogens with two attached hydrogens (primary N) is 1. The van der Waals surface area contributed by atoms with Gasteiger partial charge in [-0.15, -0.1) is 0 Å². The van der Waals surface area contributed by atoms with E-state index >= 15 is 0 Å². The predicted octanol–water partition coefficient (Wildman–Crippen LogP) is -1.28. The number of anilines is 1. The first kappa shape index (κ1) is 12.5. The monoisotopic (exact) mass is 247 g/mol. The molecule has 3 N–H and O–H groups in total. The highest BCUT2D eigenvalue weighted by molar-refractivity contribution is 7.90. The molecule has 0 bridgehead atoms. The fraction of sp³-hybridized carbons (Fsp3) is 0.500. The molecule has 90 valence electrons. The zero-order valence-electron chi connectivity index (χ0n) is 8.93. The highest BCUT2D eigenvalue weighted by atomic mass is 32.2. The van der Waals surface area contributed by atoms with Crippen molar-refractivity contribution in [2.75, 3.05) is 17.7 Å². The zero-order chi connectivity index (χ0) is 12.5. The van der Waals surface area contributed by atoms with E-state index in [4.69, 9.17) is 5.73 Å². The first-order valence-electron chi connectivity index (χ1n) is 4.50. The van der Waals surface area contributed by atoms with Crippen LogP contribution in [0.3, 0.4) is 0 Å². The summed E-state index contributed by atoms with van der Waals surface area (Å²) < 4.78 is 23.2. The molecule has 0 aliphatic rings. The van der Waals surface area contributed by atoms with Gasteiger partial charge in [0.1, 0.15) is 15.7 Å². The van der Waals surface area contributed by atoms with Gasteiger partial charge >= 0.3 is 5.69 Å². The highest BCUT2D eigenvalue weighted by Crippen LogP contribution is 2.08. The van der Waals surface area contributed by atoms with Gasteiger partial charge in [0.15, 0.2) is 0 Å².